The van der Waals surface area contributed by atoms with E-state index in [0.29, 0.717) is 17.0 Å². The molecule has 0 saturated heterocycles. The third kappa shape index (κ3) is 3.11. The van der Waals surface area contributed by atoms with Gasteiger partial charge in [-0.1, -0.05) is 12.1 Å². The third-order valence-corrected chi connectivity index (χ3v) is 5.52. The predicted molar refractivity (Wildman–Crippen MR) is 101 cm³/mol. The number of nitrogens with one attached hydrogen (secondary N) is 2. The summed E-state index contributed by atoms with van der Waals surface area (Å²) in [5, 5.41) is 5.64. The van der Waals surface area contributed by atoms with Gasteiger partial charge in [-0.05, 0) is 60.0 Å². The van der Waals surface area contributed by atoms with Gasteiger partial charge in [-0.3, -0.25) is 9.59 Å². The van der Waals surface area contributed by atoms with Crippen molar-refractivity contribution < 1.29 is 14.0 Å². The standard InChI is InChI=1S/C20H15FN2O2S/c1-11-8-17(26-19(11)12-2-4-14(21)5-3-12)20(25)22-15-6-7-16-13(9-15)10-18(24)23-16/h2-9H,10H2,1H3,(H,22,25)(H,23,24). The number of benzene rings is 2. The van der Waals surface area contributed by atoms with E-state index in [1.54, 1.807) is 24.3 Å². The molecule has 26 heavy (non-hydrogen) atoms. The van der Waals surface area contributed by atoms with Crippen molar-refractivity contribution in [3.8, 4) is 10.4 Å². The summed E-state index contributed by atoms with van der Waals surface area (Å²) in [4.78, 5) is 25.5. The number of hydrogen-bond acceptors (Lipinski definition) is 3. The van der Waals surface area contributed by atoms with Crippen LogP contribution in [0.3, 0.4) is 0 Å². The van der Waals surface area contributed by atoms with Gasteiger partial charge in [0, 0.05) is 16.3 Å². The van der Waals surface area contributed by atoms with Crippen molar-refractivity contribution in [1.82, 2.24) is 0 Å². The van der Waals surface area contributed by atoms with Crippen molar-refractivity contribution in [3.05, 3.63) is 70.4 Å². The van der Waals surface area contributed by atoms with E-state index >= 15 is 0 Å². The van der Waals surface area contributed by atoms with E-state index in [2.05, 4.69) is 10.6 Å². The number of rotatable bonds is 3. The quantitative estimate of drug-likeness (QED) is 0.711. The fourth-order valence-electron chi connectivity index (χ4n) is 2.98. The van der Waals surface area contributed by atoms with Crippen LogP contribution in [-0.4, -0.2) is 11.8 Å². The molecule has 1 aliphatic rings. The van der Waals surface area contributed by atoms with Crippen molar-refractivity contribution >= 4 is 34.5 Å². The van der Waals surface area contributed by atoms with Crippen LogP contribution in [0, 0.1) is 12.7 Å². The molecule has 130 valence electrons. The number of thiophene rings is 1. The minimum Gasteiger partial charge on any atom is -0.326 e. The lowest BCUT2D eigenvalue weighted by Crippen LogP contribution is -2.10. The van der Waals surface area contributed by atoms with Gasteiger partial charge in [0.2, 0.25) is 5.91 Å². The summed E-state index contributed by atoms with van der Waals surface area (Å²) in [6.45, 7) is 1.93. The second-order valence-corrected chi connectivity index (χ2v) is 7.23. The van der Waals surface area contributed by atoms with Crippen LogP contribution in [0.1, 0.15) is 20.8 Å². The fourth-order valence-corrected chi connectivity index (χ4v) is 4.05. The average molecular weight is 366 g/mol. The molecule has 0 saturated carbocycles. The minimum absolute atomic E-state index is 0.0405. The molecule has 1 aliphatic heterocycles. The fraction of sp³-hybridized carbons (Fsp3) is 0.100. The molecule has 2 N–H and O–H groups in total. The highest BCUT2D eigenvalue weighted by Gasteiger charge is 2.19. The maximum absolute atomic E-state index is 13.1. The SMILES string of the molecule is Cc1cc(C(=O)Nc2ccc3c(c2)CC(=O)N3)sc1-c1ccc(F)cc1. The summed E-state index contributed by atoms with van der Waals surface area (Å²) in [6, 6.07) is 13.4. The first-order valence-electron chi connectivity index (χ1n) is 8.10. The zero-order chi connectivity index (χ0) is 18.3. The molecule has 0 unspecified atom stereocenters. The lowest BCUT2D eigenvalue weighted by Gasteiger charge is -2.05. The van der Waals surface area contributed by atoms with Crippen LogP contribution >= 0.6 is 11.3 Å². The van der Waals surface area contributed by atoms with Crippen molar-refractivity contribution in [2.75, 3.05) is 10.6 Å². The highest BCUT2D eigenvalue weighted by molar-refractivity contribution is 7.17. The van der Waals surface area contributed by atoms with E-state index < -0.39 is 0 Å². The highest BCUT2D eigenvalue weighted by atomic mass is 32.1. The van der Waals surface area contributed by atoms with Crippen LogP contribution in [-0.2, 0) is 11.2 Å². The summed E-state index contributed by atoms with van der Waals surface area (Å²) < 4.78 is 13.1. The van der Waals surface area contributed by atoms with Gasteiger partial charge in [0.15, 0.2) is 0 Å². The van der Waals surface area contributed by atoms with Crippen LogP contribution in [0.4, 0.5) is 15.8 Å². The van der Waals surface area contributed by atoms with Gasteiger partial charge in [0.05, 0.1) is 11.3 Å². The molecule has 2 heterocycles. The zero-order valence-electron chi connectivity index (χ0n) is 13.9. The maximum atomic E-state index is 13.1. The molecule has 0 fully saturated rings. The first kappa shape index (κ1) is 16.5. The summed E-state index contributed by atoms with van der Waals surface area (Å²) in [5.74, 6) is -0.532. The number of halogens is 1. The number of amides is 2. The largest absolute Gasteiger partial charge is 0.326 e. The van der Waals surface area contributed by atoms with Gasteiger partial charge in [0.1, 0.15) is 5.82 Å². The Labute approximate surface area is 153 Å². The minimum atomic E-state index is -0.287. The van der Waals surface area contributed by atoms with Gasteiger partial charge >= 0.3 is 0 Å². The monoisotopic (exact) mass is 366 g/mol. The molecule has 2 aromatic carbocycles. The van der Waals surface area contributed by atoms with Crippen LogP contribution in [0.2, 0.25) is 0 Å². The molecular formula is C20H15FN2O2S. The molecule has 0 radical (unpaired) electrons. The molecular weight excluding hydrogens is 351 g/mol. The lowest BCUT2D eigenvalue weighted by molar-refractivity contribution is -0.115. The Kier molecular flexibility index (Phi) is 4.05. The van der Waals surface area contributed by atoms with Crippen molar-refractivity contribution in [2.24, 2.45) is 0 Å². The maximum Gasteiger partial charge on any atom is 0.265 e. The lowest BCUT2D eigenvalue weighted by atomic mass is 10.1. The molecule has 4 rings (SSSR count). The van der Waals surface area contributed by atoms with Crippen LogP contribution in [0.5, 0.6) is 0 Å². The van der Waals surface area contributed by atoms with E-state index in [0.717, 1.165) is 27.3 Å². The molecule has 0 atom stereocenters. The van der Waals surface area contributed by atoms with Crippen molar-refractivity contribution in [1.29, 1.82) is 0 Å². The van der Waals surface area contributed by atoms with Crippen LogP contribution in [0.15, 0.2) is 48.5 Å². The van der Waals surface area contributed by atoms with Gasteiger partial charge in [-0.25, -0.2) is 4.39 Å². The number of fused-ring (bicyclic) bond motifs is 1. The average Bonchev–Trinajstić information content (AvgIpc) is 3.17. The number of anilines is 2. The van der Waals surface area contributed by atoms with Gasteiger partial charge in [-0.15, -0.1) is 11.3 Å². The van der Waals surface area contributed by atoms with Crippen molar-refractivity contribution in [2.45, 2.75) is 13.3 Å². The Morgan fingerprint density at radius 1 is 1.15 bits per heavy atom. The Balaban J connectivity index is 1.56. The van der Waals surface area contributed by atoms with E-state index in [1.807, 2.05) is 19.1 Å². The Bertz CT molecular complexity index is 1020. The second kappa shape index (κ2) is 6.38. The number of carbonyl (C=O) groups excluding carboxylic acids is 2. The Morgan fingerprint density at radius 3 is 2.69 bits per heavy atom. The van der Waals surface area contributed by atoms with E-state index in [1.165, 1.54) is 23.5 Å². The van der Waals surface area contributed by atoms with Crippen molar-refractivity contribution in [3.63, 3.8) is 0 Å². The Hall–Kier alpha value is -2.99. The van der Waals surface area contributed by atoms with E-state index in [-0.39, 0.29) is 17.6 Å². The predicted octanol–water partition coefficient (Wildman–Crippen LogP) is 4.61. The summed E-state index contributed by atoms with van der Waals surface area (Å²) in [5.41, 5.74) is 4.17. The Morgan fingerprint density at radius 2 is 1.92 bits per heavy atom. The smallest absolute Gasteiger partial charge is 0.265 e. The van der Waals surface area contributed by atoms with Gasteiger partial charge < -0.3 is 10.6 Å². The number of aryl methyl sites for hydroxylation is 1. The van der Waals surface area contributed by atoms with E-state index in [4.69, 9.17) is 0 Å². The second-order valence-electron chi connectivity index (χ2n) is 6.18. The highest BCUT2D eigenvalue weighted by Crippen LogP contribution is 2.33. The van der Waals surface area contributed by atoms with Gasteiger partial charge in [0.25, 0.3) is 5.91 Å². The van der Waals surface area contributed by atoms with Crippen LogP contribution < -0.4 is 10.6 Å². The van der Waals surface area contributed by atoms with Gasteiger partial charge in [-0.2, -0.15) is 0 Å². The van der Waals surface area contributed by atoms with Crippen LogP contribution in [0.25, 0.3) is 10.4 Å². The molecule has 1 aromatic heterocycles. The summed E-state index contributed by atoms with van der Waals surface area (Å²) in [7, 11) is 0. The molecule has 0 spiro atoms. The normalized spacial score (nSPS) is 12.6. The molecule has 0 bridgehead atoms. The number of carbonyl (C=O) groups is 2. The first-order valence-corrected chi connectivity index (χ1v) is 8.92. The first-order chi connectivity index (χ1) is 12.5. The summed E-state index contributed by atoms with van der Waals surface area (Å²) >= 11 is 1.37. The molecule has 2 amide bonds. The number of hydrogen-bond donors (Lipinski definition) is 2. The topological polar surface area (TPSA) is 58.2 Å². The molecule has 4 nitrogen and oxygen atoms in total. The summed E-state index contributed by atoms with van der Waals surface area (Å²) in [6.07, 6.45) is 0.325. The molecule has 3 aromatic rings. The molecule has 0 aliphatic carbocycles. The third-order valence-electron chi connectivity index (χ3n) is 4.24. The van der Waals surface area contributed by atoms with E-state index in [9.17, 15) is 14.0 Å². The molecule has 6 heteroatoms. The zero-order valence-corrected chi connectivity index (χ0v) is 14.7.